The minimum atomic E-state index is -0.307. The monoisotopic (exact) mass is 381 g/mol. The zero-order chi connectivity index (χ0) is 16.7. The van der Waals surface area contributed by atoms with Crippen molar-refractivity contribution in [1.29, 1.82) is 0 Å². The molecule has 0 unspecified atom stereocenters. The summed E-state index contributed by atoms with van der Waals surface area (Å²) in [6, 6.07) is 10.2. The van der Waals surface area contributed by atoms with Crippen LogP contribution in [0.5, 0.6) is 11.5 Å². The van der Waals surface area contributed by atoms with Crippen LogP contribution < -0.4 is 9.47 Å². The maximum atomic E-state index is 13.1. The molecule has 0 fully saturated rings. The van der Waals surface area contributed by atoms with Crippen LogP contribution in [0.15, 0.2) is 46.0 Å². The topological polar surface area (TPSA) is 40.0 Å². The third kappa shape index (κ3) is 4.96. The second-order valence-corrected chi connectivity index (χ2v) is 5.45. The third-order valence-electron chi connectivity index (χ3n) is 2.98. The van der Waals surface area contributed by atoms with Gasteiger partial charge in [-0.1, -0.05) is 11.2 Å². The van der Waals surface area contributed by atoms with Crippen LogP contribution in [0.1, 0.15) is 18.1 Å². The highest BCUT2D eigenvalue weighted by molar-refractivity contribution is 9.10. The average molecular weight is 382 g/mol. The van der Waals surface area contributed by atoms with Gasteiger partial charge in [-0.3, -0.25) is 0 Å². The molecule has 0 N–H and O–H groups in total. The lowest BCUT2D eigenvalue weighted by molar-refractivity contribution is 0.132. The Balaban J connectivity index is 1.96. The van der Waals surface area contributed by atoms with Crippen LogP contribution in [-0.4, -0.2) is 19.9 Å². The van der Waals surface area contributed by atoms with E-state index in [1.165, 1.54) is 6.07 Å². The Morgan fingerprint density at radius 1 is 1.17 bits per heavy atom. The Kier molecular flexibility index (Phi) is 6.40. The number of methoxy groups -OCH3 is 1. The second-order valence-electron chi connectivity index (χ2n) is 4.60. The van der Waals surface area contributed by atoms with Crippen molar-refractivity contribution in [2.75, 3.05) is 13.7 Å². The van der Waals surface area contributed by atoms with Crippen molar-refractivity contribution in [2.24, 2.45) is 5.16 Å². The van der Waals surface area contributed by atoms with Crippen molar-refractivity contribution in [3.63, 3.8) is 0 Å². The molecule has 2 aromatic rings. The smallest absolute Gasteiger partial charge is 0.161 e. The van der Waals surface area contributed by atoms with Gasteiger partial charge in [0.25, 0.3) is 0 Å². The molecule has 0 atom stereocenters. The highest BCUT2D eigenvalue weighted by atomic mass is 79.9. The molecule has 0 saturated heterocycles. The summed E-state index contributed by atoms with van der Waals surface area (Å²) in [6.45, 7) is 2.74. The molecule has 0 aromatic heterocycles. The Bertz CT molecular complexity index is 692. The van der Waals surface area contributed by atoms with Gasteiger partial charge < -0.3 is 14.3 Å². The lowest BCUT2D eigenvalue weighted by Gasteiger charge is -2.09. The predicted octanol–water partition coefficient (Wildman–Crippen LogP) is 4.55. The van der Waals surface area contributed by atoms with Crippen LogP contribution in [0.3, 0.4) is 0 Å². The molecule has 4 nitrogen and oxygen atoms in total. The van der Waals surface area contributed by atoms with E-state index in [0.29, 0.717) is 22.6 Å². The van der Waals surface area contributed by atoms with Crippen molar-refractivity contribution in [2.45, 2.75) is 13.5 Å². The molecule has 0 aliphatic carbocycles. The molecule has 0 bridgehead atoms. The van der Waals surface area contributed by atoms with Gasteiger partial charge >= 0.3 is 0 Å². The Morgan fingerprint density at radius 2 is 2.00 bits per heavy atom. The molecule has 0 saturated carbocycles. The van der Waals surface area contributed by atoms with Gasteiger partial charge in [-0.25, -0.2) is 4.39 Å². The van der Waals surface area contributed by atoms with Gasteiger partial charge in [0.1, 0.15) is 12.4 Å². The second kappa shape index (κ2) is 8.53. The van der Waals surface area contributed by atoms with Crippen LogP contribution in [-0.2, 0) is 11.4 Å². The maximum absolute atomic E-state index is 13.1. The summed E-state index contributed by atoms with van der Waals surface area (Å²) < 4.78 is 24.3. The Labute approximate surface area is 143 Å². The molecule has 0 heterocycles. The molecule has 0 radical (unpaired) electrons. The molecule has 0 aliphatic heterocycles. The first kappa shape index (κ1) is 17.3. The van der Waals surface area contributed by atoms with Crippen molar-refractivity contribution in [1.82, 2.24) is 0 Å². The number of nitrogens with zero attached hydrogens (tertiary/aromatic N) is 1. The summed E-state index contributed by atoms with van der Waals surface area (Å²) in [5.74, 6) is 1.02. The zero-order valence-corrected chi connectivity index (χ0v) is 14.5. The van der Waals surface area contributed by atoms with E-state index < -0.39 is 0 Å². The van der Waals surface area contributed by atoms with Crippen molar-refractivity contribution in [3.8, 4) is 11.5 Å². The first-order chi connectivity index (χ1) is 11.1. The number of oxime groups is 1. The fourth-order valence-corrected chi connectivity index (χ4v) is 2.30. The Morgan fingerprint density at radius 3 is 2.70 bits per heavy atom. The molecule has 0 spiro atoms. The number of hydrogen-bond donors (Lipinski definition) is 0. The molecule has 0 amide bonds. The van der Waals surface area contributed by atoms with E-state index >= 15 is 0 Å². The van der Waals surface area contributed by atoms with Gasteiger partial charge in [0.05, 0.1) is 24.4 Å². The van der Waals surface area contributed by atoms with Crippen LogP contribution in [0, 0.1) is 5.82 Å². The van der Waals surface area contributed by atoms with Gasteiger partial charge in [0, 0.05) is 5.56 Å². The first-order valence-corrected chi connectivity index (χ1v) is 7.83. The van der Waals surface area contributed by atoms with Gasteiger partial charge in [0.15, 0.2) is 11.5 Å². The van der Waals surface area contributed by atoms with Gasteiger partial charge in [0.2, 0.25) is 0 Å². The van der Waals surface area contributed by atoms with Crippen LogP contribution in [0.4, 0.5) is 4.39 Å². The molecule has 23 heavy (non-hydrogen) atoms. The SMILES string of the molecule is CCOc1ccc(C=NOCc2ccc(F)c(Br)c2)cc1OC. The summed E-state index contributed by atoms with van der Waals surface area (Å²) in [5, 5.41) is 3.91. The van der Waals surface area contributed by atoms with E-state index in [4.69, 9.17) is 14.3 Å². The molecular weight excluding hydrogens is 365 g/mol. The van der Waals surface area contributed by atoms with Crippen molar-refractivity contribution >= 4 is 22.1 Å². The Hall–Kier alpha value is -2.08. The van der Waals surface area contributed by atoms with Crippen molar-refractivity contribution < 1.29 is 18.7 Å². The van der Waals surface area contributed by atoms with Crippen molar-refractivity contribution in [3.05, 3.63) is 57.8 Å². The number of hydrogen-bond acceptors (Lipinski definition) is 4. The minimum absolute atomic E-state index is 0.254. The number of ether oxygens (including phenoxy) is 2. The minimum Gasteiger partial charge on any atom is -0.493 e. The van der Waals surface area contributed by atoms with E-state index in [2.05, 4.69) is 21.1 Å². The van der Waals surface area contributed by atoms with Gasteiger partial charge in [-0.15, -0.1) is 0 Å². The fourth-order valence-electron chi connectivity index (χ4n) is 1.88. The zero-order valence-electron chi connectivity index (χ0n) is 12.9. The number of benzene rings is 2. The lowest BCUT2D eigenvalue weighted by Crippen LogP contribution is -1.96. The van der Waals surface area contributed by atoms with E-state index in [1.807, 2.05) is 25.1 Å². The molecular formula is C17H17BrFNO3. The summed E-state index contributed by atoms with van der Waals surface area (Å²) in [7, 11) is 1.58. The molecule has 2 rings (SSSR count). The van der Waals surface area contributed by atoms with E-state index in [9.17, 15) is 4.39 Å². The third-order valence-corrected chi connectivity index (χ3v) is 3.59. The highest BCUT2D eigenvalue weighted by Gasteiger charge is 2.04. The summed E-state index contributed by atoms with van der Waals surface area (Å²) >= 11 is 3.13. The van der Waals surface area contributed by atoms with Crippen LogP contribution in [0.25, 0.3) is 0 Å². The summed E-state index contributed by atoms with van der Waals surface area (Å²) in [4.78, 5) is 5.22. The quantitative estimate of drug-likeness (QED) is 0.521. The largest absolute Gasteiger partial charge is 0.493 e. The first-order valence-electron chi connectivity index (χ1n) is 7.04. The highest BCUT2D eigenvalue weighted by Crippen LogP contribution is 2.27. The molecule has 122 valence electrons. The summed E-state index contributed by atoms with van der Waals surface area (Å²) in [6.07, 6.45) is 1.58. The maximum Gasteiger partial charge on any atom is 0.161 e. The molecule has 6 heteroatoms. The van der Waals surface area contributed by atoms with E-state index in [1.54, 1.807) is 25.5 Å². The van der Waals surface area contributed by atoms with E-state index in [-0.39, 0.29) is 12.4 Å². The standard InChI is InChI=1S/C17H17BrFNO3/c1-3-22-16-7-5-12(9-17(16)21-2)10-20-23-11-13-4-6-15(19)14(18)8-13/h4-10H,3,11H2,1-2H3. The normalized spacial score (nSPS) is 10.8. The van der Waals surface area contributed by atoms with Gasteiger partial charge in [-0.2, -0.15) is 0 Å². The summed E-state index contributed by atoms with van der Waals surface area (Å²) in [5.41, 5.74) is 1.64. The number of rotatable bonds is 7. The molecule has 2 aromatic carbocycles. The van der Waals surface area contributed by atoms with Gasteiger partial charge in [-0.05, 0) is 58.7 Å². The van der Waals surface area contributed by atoms with Crippen LogP contribution in [0.2, 0.25) is 0 Å². The van der Waals surface area contributed by atoms with E-state index in [0.717, 1.165) is 11.1 Å². The average Bonchev–Trinajstić information content (AvgIpc) is 2.56. The van der Waals surface area contributed by atoms with Crippen LogP contribution >= 0.6 is 15.9 Å². The molecule has 0 aliphatic rings. The fraction of sp³-hybridized carbons (Fsp3) is 0.235. The number of halogens is 2. The predicted molar refractivity (Wildman–Crippen MR) is 90.6 cm³/mol. The lowest BCUT2D eigenvalue weighted by atomic mass is 10.2.